The minimum absolute atomic E-state index is 0.0996. The summed E-state index contributed by atoms with van der Waals surface area (Å²) < 4.78 is 4.75. The highest BCUT2D eigenvalue weighted by Crippen LogP contribution is 2.17. The number of carbonyl (C=O) groups is 2. The molecule has 0 amide bonds. The molecule has 0 aliphatic heterocycles. The van der Waals surface area contributed by atoms with Crippen LogP contribution in [0.5, 0.6) is 0 Å². The number of esters is 1. The van der Waals surface area contributed by atoms with E-state index in [0.29, 0.717) is 17.2 Å². The number of rotatable bonds is 5. The zero-order valence-electron chi connectivity index (χ0n) is 9.85. The van der Waals surface area contributed by atoms with Crippen LogP contribution in [0.4, 0.5) is 0 Å². The minimum Gasteiger partial charge on any atom is -0.478 e. The van der Waals surface area contributed by atoms with Gasteiger partial charge in [-0.1, -0.05) is 29.8 Å². The first-order valence-corrected chi connectivity index (χ1v) is 5.77. The Hall–Kier alpha value is -1.81. The highest BCUT2D eigenvalue weighted by Gasteiger charge is 2.08. The van der Waals surface area contributed by atoms with Crippen molar-refractivity contribution in [3.05, 3.63) is 40.4 Å². The van der Waals surface area contributed by atoms with Crippen molar-refractivity contribution in [2.45, 2.75) is 13.3 Å². The predicted molar refractivity (Wildman–Crippen MR) is 68.7 cm³/mol. The van der Waals surface area contributed by atoms with Gasteiger partial charge in [0.15, 0.2) is 0 Å². The maximum Gasteiger partial charge on any atom is 0.336 e. The van der Waals surface area contributed by atoms with Gasteiger partial charge in [-0.3, -0.25) is 4.79 Å². The Morgan fingerprint density at radius 3 is 2.78 bits per heavy atom. The zero-order valence-corrected chi connectivity index (χ0v) is 10.6. The Morgan fingerprint density at radius 1 is 1.44 bits per heavy atom. The van der Waals surface area contributed by atoms with Crippen LogP contribution < -0.4 is 0 Å². The van der Waals surface area contributed by atoms with Crippen LogP contribution in [0, 0.1) is 0 Å². The van der Waals surface area contributed by atoms with Crippen molar-refractivity contribution in [1.82, 2.24) is 0 Å². The molecule has 0 aliphatic rings. The summed E-state index contributed by atoms with van der Waals surface area (Å²) in [5.74, 6) is -1.41. The minimum atomic E-state index is -1.06. The van der Waals surface area contributed by atoms with E-state index in [9.17, 15) is 9.59 Å². The molecule has 0 bridgehead atoms. The van der Waals surface area contributed by atoms with E-state index in [1.807, 2.05) is 0 Å². The number of carboxylic acids is 1. The van der Waals surface area contributed by atoms with Crippen LogP contribution in [0.1, 0.15) is 29.3 Å². The van der Waals surface area contributed by atoms with Crippen molar-refractivity contribution in [2.75, 3.05) is 6.61 Å². The van der Waals surface area contributed by atoms with Crippen LogP contribution in [0.3, 0.4) is 0 Å². The van der Waals surface area contributed by atoms with Gasteiger partial charge in [0, 0.05) is 5.02 Å². The average molecular weight is 269 g/mol. The third kappa shape index (κ3) is 4.22. The Balaban J connectivity index is 2.81. The second kappa shape index (κ2) is 6.81. The lowest BCUT2D eigenvalue weighted by molar-refractivity contribution is -0.142. The highest BCUT2D eigenvalue weighted by atomic mass is 35.5. The van der Waals surface area contributed by atoms with Gasteiger partial charge in [-0.25, -0.2) is 4.79 Å². The molecule has 0 aromatic heterocycles. The average Bonchev–Trinajstić information content (AvgIpc) is 2.31. The normalized spacial score (nSPS) is 10.6. The first kappa shape index (κ1) is 14.3. The molecule has 0 atom stereocenters. The molecule has 0 saturated heterocycles. The fraction of sp³-hybridized carbons (Fsp3) is 0.231. The van der Waals surface area contributed by atoms with E-state index in [0.717, 1.165) is 0 Å². The second-order valence-electron chi connectivity index (χ2n) is 3.45. The fourth-order valence-corrected chi connectivity index (χ4v) is 1.53. The summed E-state index contributed by atoms with van der Waals surface area (Å²) in [7, 11) is 0. The van der Waals surface area contributed by atoms with Crippen LogP contribution >= 0.6 is 11.6 Å². The van der Waals surface area contributed by atoms with Crippen molar-refractivity contribution in [2.24, 2.45) is 0 Å². The Kier molecular flexibility index (Phi) is 5.39. The maximum absolute atomic E-state index is 11.1. The lowest BCUT2D eigenvalue weighted by atomic mass is 10.1. The standard InChI is InChI=1S/C13H13ClO4/c1-2-18-12(15)5-3-4-9-6-7-10(14)8-11(9)13(16)17/h3-4,6-8H,2,5H2,1H3,(H,16,17). The second-order valence-corrected chi connectivity index (χ2v) is 3.88. The van der Waals surface area contributed by atoms with E-state index in [-0.39, 0.29) is 18.0 Å². The van der Waals surface area contributed by atoms with Gasteiger partial charge in [0.2, 0.25) is 0 Å². The Bertz CT molecular complexity index is 480. The topological polar surface area (TPSA) is 63.6 Å². The summed E-state index contributed by atoms with van der Waals surface area (Å²) in [4.78, 5) is 22.1. The van der Waals surface area contributed by atoms with E-state index < -0.39 is 5.97 Å². The number of carboxylic acid groups (broad SMARTS) is 1. The fourth-order valence-electron chi connectivity index (χ4n) is 1.36. The van der Waals surface area contributed by atoms with Gasteiger partial charge in [-0.05, 0) is 24.6 Å². The number of ether oxygens (including phenoxy) is 1. The maximum atomic E-state index is 11.1. The van der Waals surface area contributed by atoms with Gasteiger partial charge >= 0.3 is 11.9 Å². The Morgan fingerprint density at radius 2 is 2.17 bits per heavy atom. The molecule has 0 heterocycles. The van der Waals surface area contributed by atoms with Crippen LogP contribution in [-0.2, 0) is 9.53 Å². The molecule has 0 saturated carbocycles. The molecule has 0 aliphatic carbocycles. The molecule has 1 N–H and O–H groups in total. The van der Waals surface area contributed by atoms with Crippen LogP contribution in [0.25, 0.3) is 6.08 Å². The lowest BCUT2D eigenvalue weighted by Crippen LogP contribution is -2.02. The molecule has 1 aromatic carbocycles. The molecule has 1 rings (SSSR count). The van der Waals surface area contributed by atoms with Crippen LogP contribution in [0.15, 0.2) is 24.3 Å². The summed E-state index contributed by atoms with van der Waals surface area (Å²) in [6.45, 7) is 2.05. The number of hydrogen-bond acceptors (Lipinski definition) is 3. The van der Waals surface area contributed by atoms with Gasteiger partial charge in [0.25, 0.3) is 0 Å². The number of halogens is 1. The van der Waals surface area contributed by atoms with E-state index in [4.69, 9.17) is 21.4 Å². The molecule has 18 heavy (non-hydrogen) atoms. The van der Waals surface area contributed by atoms with E-state index in [1.54, 1.807) is 31.2 Å². The molecule has 1 aromatic rings. The summed E-state index contributed by atoms with van der Waals surface area (Å²) in [6, 6.07) is 4.55. The summed E-state index contributed by atoms with van der Waals surface area (Å²) in [6.07, 6.45) is 3.24. The molecular formula is C13H13ClO4. The molecule has 5 heteroatoms. The molecule has 0 radical (unpaired) electrons. The quantitative estimate of drug-likeness (QED) is 0.834. The van der Waals surface area contributed by atoms with Crippen molar-refractivity contribution >= 4 is 29.6 Å². The van der Waals surface area contributed by atoms with Crippen molar-refractivity contribution in [3.63, 3.8) is 0 Å². The van der Waals surface area contributed by atoms with Gasteiger partial charge in [-0.15, -0.1) is 0 Å². The molecular weight excluding hydrogens is 256 g/mol. The smallest absolute Gasteiger partial charge is 0.336 e. The van der Waals surface area contributed by atoms with Gasteiger partial charge in [0.05, 0.1) is 18.6 Å². The van der Waals surface area contributed by atoms with Crippen molar-refractivity contribution in [1.29, 1.82) is 0 Å². The summed E-state index contributed by atoms with van der Waals surface area (Å²) in [5, 5.41) is 9.36. The van der Waals surface area contributed by atoms with Gasteiger partial charge < -0.3 is 9.84 Å². The molecule has 0 spiro atoms. The van der Waals surface area contributed by atoms with Crippen LogP contribution in [-0.4, -0.2) is 23.7 Å². The Labute approximate surface area is 110 Å². The van der Waals surface area contributed by atoms with E-state index in [2.05, 4.69) is 0 Å². The first-order valence-electron chi connectivity index (χ1n) is 5.39. The van der Waals surface area contributed by atoms with Gasteiger partial charge in [0.1, 0.15) is 0 Å². The SMILES string of the molecule is CCOC(=O)CC=Cc1ccc(Cl)cc1C(=O)O. The monoisotopic (exact) mass is 268 g/mol. The number of carbonyl (C=O) groups excluding carboxylic acids is 1. The van der Waals surface area contributed by atoms with E-state index >= 15 is 0 Å². The summed E-state index contributed by atoms with van der Waals surface area (Å²) in [5.41, 5.74) is 0.596. The molecule has 0 unspecified atom stereocenters. The number of benzene rings is 1. The van der Waals surface area contributed by atoms with Gasteiger partial charge in [-0.2, -0.15) is 0 Å². The van der Waals surface area contributed by atoms with Crippen LogP contribution in [0.2, 0.25) is 5.02 Å². The zero-order chi connectivity index (χ0) is 13.5. The van der Waals surface area contributed by atoms with Crippen molar-refractivity contribution < 1.29 is 19.4 Å². The lowest BCUT2D eigenvalue weighted by Gasteiger charge is -2.02. The summed E-state index contributed by atoms with van der Waals surface area (Å²) >= 11 is 5.73. The molecule has 0 fully saturated rings. The highest BCUT2D eigenvalue weighted by molar-refractivity contribution is 6.31. The molecule has 96 valence electrons. The van der Waals surface area contributed by atoms with Crippen molar-refractivity contribution in [3.8, 4) is 0 Å². The van der Waals surface area contributed by atoms with E-state index in [1.165, 1.54) is 6.07 Å². The largest absolute Gasteiger partial charge is 0.478 e. The number of hydrogen-bond donors (Lipinski definition) is 1. The molecule has 4 nitrogen and oxygen atoms in total. The number of aromatic carboxylic acids is 1. The first-order chi connectivity index (χ1) is 8.54. The predicted octanol–water partition coefficient (Wildman–Crippen LogP) is 3.00. The third-order valence-electron chi connectivity index (χ3n) is 2.13. The third-order valence-corrected chi connectivity index (χ3v) is 2.37.